The van der Waals surface area contributed by atoms with Gasteiger partial charge in [-0.15, -0.1) is 0 Å². The van der Waals surface area contributed by atoms with E-state index in [1.165, 1.54) is 0 Å². The fraction of sp³-hybridized carbons (Fsp3) is 0.333. The van der Waals surface area contributed by atoms with Crippen LogP contribution in [-0.4, -0.2) is 16.5 Å². The average molecular weight is 335 g/mol. The maximum Gasteiger partial charge on any atom is 0.136 e. The maximum atomic E-state index is 4.41. The molecular formula is C15H19BrN4. The van der Waals surface area contributed by atoms with Crippen LogP contribution in [0.3, 0.4) is 0 Å². The second-order valence-electron chi connectivity index (χ2n) is 5.07. The number of nitrogens with zero attached hydrogens (tertiary/aromatic N) is 2. The fourth-order valence-corrected chi connectivity index (χ4v) is 2.12. The number of aryl methyl sites for hydroxylation is 1. The molecule has 5 heteroatoms. The van der Waals surface area contributed by atoms with Crippen LogP contribution < -0.4 is 10.6 Å². The number of hydrogen-bond donors (Lipinski definition) is 2. The lowest BCUT2D eigenvalue weighted by molar-refractivity contribution is 0.686. The minimum atomic E-state index is 0.574. The molecule has 0 saturated heterocycles. The Morgan fingerprint density at radius 3 is 2.55 bits per heavy atom. The normalized spacial score (nSPS) is 10.7. The van der Waals surface area contributed by atoms with Gasteiger partial charge in [0.1, 0.15) is 17.5 Å². The van der Waals surface area contributed by atoms with Gasteiger partial charge in [-0.25, -0.2) is 9.97 Å². The van der Waals surface area contributed by atoms with Crippen LogP contribution in [0, 0.1) is 12.8 Å². The molecule has 0 saturated carbocycles. The van der Waals surface area contributed by atoms with Crippen molar-refractivity contribution in [1.29, 1.82) is 0 Å². The smallest absolute Gasteiger partial charge is 0.136 e. The molecule has 2 rings (SSSR count). The molecule has 0 bridgehead atoms. The number of para-hydroxylation sites is 1. The Balaban J connectivity index is 2.17. The third-order valence-electron chi connectivity index (χ3n) is 2.67. The topological polar surface area (TPSA) is 49.8 Å². The number of nitrogens with one attached hydrogen (secondary N) is 2. The zero-order valence-electron chi connectivity index (χ0n) is 11.9. The second kappa shape index (κ2) is 6.70. The minimum absolute atomic E-state index is 0.574. The molecule has 2 aromatic rings. The molecule has 1 aromatic heterocycles. The first-order chi connectivity index (χ1) is 9.54. The predicted octanol–water partition coefficient (Wildman–Crippen LogP) is 4.36. The molecule has 1 heterocycles. The van der Waals surface area contributed by atoms with Crippen molar-refractivity contribution in [2.24, 2.45) is 5.92 Å². The third-order valence-corrected chi connectivity index (χ3v) is 3.36. The average Bonchev–Trinajstić information content (AvgIpc) is 2.38. The van der Waals surface area contributed by atoms with Gasteiger partial charge in [0.25, 0.3) is 0 Å². The lowest BCUT2D eigenvalue weighted by Crippen LogP contribution is -2.10. The van der Waals surface area contributed by atoms with E-state index in [0.29, 0.717) is 5.92 Å². The molecule has 0 amide bonds. The maximum absolute atomic E-state index is 4.41. The summed E-state index contributed by atoms with van der Waals surface area (Å²) in [5.74, 6) is 2.95. The first-order valence-electron chi connectivity index (χ1n) is 6.65. The molecule has 20 heavy (non-hydrogen) atoms. The van der Waals surface area contributed by atoms with E-state index in [9.17, 15) is 0 Å². The molecule has 0 unspecified atom stereocenters. The van der Waals surface area contributed by atoms with Gasteiger partial charge in [0.15, 0.2) is 0 Å². The van der Waals surface area contributed by atoms with Crippen molar-refractivity contribution < 1.29 is 0 Å². The summed E-state index contributed by atoms with van der Waals surface area (Å²) in [6.45, 7) is 7.12. The molecule has 0 spiro atoms. The van der Waals surface area contributed by atoms with E-state index >= 15 is 0 Å². The van der Waals surface area contributed by atoms with E-state index in [0.717, 1.165) is 34.2 Å². The Bertz CT molecular complexity index is 584. The van der Waals surface area contributed by atoms with Crippen molar-refractivity contribution in [3.05, 3.63) is 40.6 Å². The third kappa shape index (κ3) is 4.20. The van der Waals surface area contributed by atoms with Crippen molar-refractivity contribution in [2.45, 2.75) is 20.8 Å². The Hall–Kier alpha value is -1.62. The monoisotopic (exact) mass is 334 g/mol. The van der Waals surface area contributed by atoms with E-state index in [-0.39, 0.29) is 0 Å². The van der Waals surface area contributed by atoms with Crippen molar-refractivity contribution in [1.82, 2.24) is 9.97 Å². The lowest BCUT2D eigenvalue weighted by atomic mass is 10.2. The molecule has 0 aliphatic rings. The van der Waals surface area contributed by atoms with Crippen molar-refractivity contribution >= 4 is 33.3 Å². The Kier molecular flexibility index (Phi) is 4.95. The van der Waals surface area contributed by atoms with Crippen LogP contribution in [0.25, 0.3) is 0 Å². The lowest BCUT2D eigenvalue weighted by Gasteiger charge is -2.12. The second-order valence-corrected chi connectivity index (χ2v) is 5.92. The van der Waals surface area contributed by atoms with Gasteiger partial charge < -0.3 is 10.6 Å². The SMILES string of the molecule is Cc1nc(NCC(C)C)cc(Nc2ccccc2Br)n1. The first kappa shape index (κ1) is 14.8. The van der Waals surface area contributed by atoms with Crippen LogP contribution in [0.1, 0.15) is 19.7 Å². The summed E-state index contributed by atoms with van der Waals surface area (Å²) in [6, 6.07) is 9.89. The molecule has 0 fully saturated rings. The molecule has 2 N–H and O–H groups in total. The number of rotatable bonds is 5. The zero-order chi connectivity index (χ0) is 14.5. The molecular weight excluding hydrogens is 316 g/mol. The summed E-state index contributed by atoms with van der Waals surface area (Å²) in [5.41, 5.74) is 0.986. The molecule has 0 atom stereocenters. The van der Waals surface area contributed by atoms with E-state index < -0.39 is 0 Å². The number of halogens is 1. The van der Waals surface area contributed by atoms with Crippen LogP contribution in [0.2, 0.25) is 0 Å². The molecule has 1 aromatic carbocycles. The van der Waals surface area contributed by atoms with Crippen LogP contribution in [-0.2, 0) is 0 Å². The Morgan fingerprint density at radius 1 is 1.15 bits per heavy atom. The summed E-state index contributed by atoms with van der Waals surface area (Å²) in [7, 11) is 0. The van der Waals surface area contributed by atoms with Gasteiger partial charge in [-0.3, -0.25) is 0 Å². The summed E-state index contributed by atoms with van der Waals surface area (Å²) in [4.78, 5) is 8.81. The summed E-state index contributed by atoms with van der Waals surface area (Å²) in [6.07, 6.45) is 0. The van der Waals surface area contributed by atoms with Crippen molar-refractivity contribution in [3.8, 4) is 0 Å². The van der Waals surface area contributed by atoms with Gasteiger partial charge in [0.2, 0.25) is 0 Å². The predicted molar refractivity (Wildman–Crippen MR) is 87.5 cm³/mol. The zero-order valence-corrected chi connectivity index (χ0v) is 13.5. The van der Waals surface area contributed by atoms with E-state index in [2.05, 4.69) is 50.4 Å². The Morgan fingerprint density at radius 2 is 1.85 bits per heavy atom. The van der Waals surface area contributed by atoms with Gasteiger partial charge >= 0.3 is 0 Å². The highest BCUT2D eigenvalue weighted by molar-refractivity contribution is 9.10. The van der Waals surface area contributed by atoms with Crippen LogP contribution in [0.5, 0.6) is 0 Å². The molecule has 106 valence electrons. The highest BCUT2D eigenvalue weighted by atomic mass is 79.9. The number of hydrogen-bond acceptors (Lipinski definition) is 4. The van der Waals surface area contributed by atoms with Gasteiger partial charge in [-0.1, -0.05) is 26.0 Å². The van der Waals surface area contributed by atoms with Crippen molar-refractivity contribution in [3.63, 3.8) is 0 Å². The quantitative estimate of drug-likeness (QED) is 0.852. The van der Waals surface area contributed by atoms with E-state index in [4.69, 9.17) is 0 Å². The van der Waals surface area contributed by atoms with Crippen LogP contribution in [0.15, 0.2) is 34.8 Å². The van der Waals surface area contributed by atoms with Gasteiger partial charge in [-0.05, 0) is 40.9 Å². The number of benzene rings is 1. The number of anilines is 3. The van der Waals surface area contributed by atoms with Crippen molar-refractivity contribution in [2.75, 3.05) is 17.2 Å². The molecule has 0 radical (unpaired) electrons. The molecule has 0 aliphatic heterocycles. The highest BCUT2D eigenvalue weighted by Gasteiger charge is 2.05. The van der Waals surface area contributed by atoms with E-state index in [1.54, 1.807) is 0 Å². The summed E-state index contributed by atoms with van der Waals surface area (Å²) >= 11 is 3.52. The largest absolute Gasteiger partial charge is 0.370 e. The number of aromatic nitrogens is 2. The van der Waals surface area contributed by atoms with Gasteiger partial charge in [0.05, 0.1) is 5.69 Å². The highest BCUT2D eigenvalue weighted by Crippen LogP contribution is 2.25. The Labute approximate surface area is 128 Å². The summed E-state index contributed by atoms with van der Waals surface area (Å²) in [5, 5.41) is 6.63. The van der Waals surface area contributed by atoms with Gasteiger partial charge in [-0.2, -0.15) is 0 Å². The standard InChI is InChI=1S/C15H19BrN4/c1-10(2)9-17-14-8-15(19-11(3)18-14)20-13-7-5-4-6-12(13)16/h4-8,10H,9H2,1-3H3,(H2,17,18,19,20). The van der Waals surface area contributed by atoms with E-state index in [1.807, 2.05) is 37.3 Å². The fourth-order valence-electron chi connectivity index (χ4n) is 1.73. The van der Waals surface area contributed by atoms with Gasteiger partial charge in [0, 0.05) is 17.1 Å². The first-order valence-corrected chi connectivity index (χ1v) is 7.45. The summed E-state index contributed by atoms with van der Waals surface area (Å²) < 4.78 is 1.01. The molecule has 0 aliphatic carbocycles. The van der Waals surface area contributed by atoms with Crippen LogP contribution in [0.4, 0.5) is 17.3 Å². The molecule has 4 nitrogen and oxygen atoms in total. The van der Waals surface area contributed by atoms with Crippen LogP contribution >= 0.6 is 15.9 Å². The minimum Gasteiger partial charge on any atom is -0.370 e.